The fourth-order valence-electron chi connectivity index (χ4n) is 5.04. The first-order valence-electron chi connectivity index (χ1n) is 10.9. The van der Waals surface area contributed by atoms with Crippen LogP contribution in [0.2, 0.25) is 0 Å². The maximum Gasteiger partial charge on any atom is 0.416 e. The van der Waals surface area contributed by atoms with Gasteiger partial charge in [0.15, 0.2) is 0 Å². The maximum absolute atomic E-state index is 13.0. The number of primary amides is 1. The second-order valence-electron chi connectivity index (χ2n) is 8.82. The number of rotatable bonds is 6. The van der Waals surface area contributed by atoms with Crippen LogP contribution in [0.25, 0.3) is 0 Å². The number of carbonyl (C=O) groups is 1. The minimum Gasteiger partial charge on any atom is -0.369 e. The number of nitriles is 1. The van der Waals surface area contributed by atoms with Crippen LogP contribution < -0.4 is 5.73 Å². The van der Waals surface area contributed by atoms with Crippen molar-refractivity contribution in [2.45, 2.75) is 57.0 Å². The van der Waals surface area contributed by atoms with Crippen LogP contribution in [0.1, 0.15) is 62.0 Å². The number of carbonyl (C=O) groups excluding carboxylic acids is 1. The van der Waals surface area contributed by atoms with Crippen molar-refractivity contribution in [3.05, 3.63) is 35.4 Å². The predicted octanol–water partition coefficient (Wildman–Crippen LogP) is 4.71. The lowest BCUT2D eigenvalue weighted by Gasteiger charge is -2.35. The molecule has 2 aliphatic rings. The van der Waals surface area contributed by atoms with Gasteiger partial charge in [-0.1, -0.05) is 31.0 Å². The summed E-state index contributed by atoms with van der Waals surface area (Å²) in [6.45, 7) is 2.82. The van der Waals surface area contributed by atoms with E-state index < -0.39 is 23.6 Å². The number of nitrogens with two attached hydrogens (primary N) is 1. The molecule has 1 aromatic carbocycles. The summed E-state index contributed by atoms with van der Waals surface area (Å²) in [7, 11) is 0. The third-order valence-electron chi connectivity index (χ3n) is 6.93. The van der Waals surface area contributed by atoms with Crippen molar-refractivity contribution in [1.29, 1.82) is 5.26 Å². The number of alkyl halides is 3. The second-order valence-corrected chi connectivity index (χ2v) is 8.82. The molecule has 0 aromatic heterocycles. The minimum atomic E-state index is -4.29. The van der Waals surface area contributed by atoms with E-state index in [0.29, 0.717) is 5.92 Å². The molecular formula is C23H30F3N3O. The van der Waals surface area contributed by atoms with Gasteiger partial charge in [0.2, 0.25) is 5.91 Å². The number of halogens is 3. The van der Waals surface area contributed by atoms with Gasteiger partial charge in [0.05, 0.1) is 11.6 Å². The standard InChI is InChI=1S/C23H30F3N3O/c24-23(25,26)20-3-1-2-19(14-20)17-9-12-29(13-10-17)11-8-16-4-6-18(7-5-16)21(15-27)22(28)30/h1-3,14,16-18,21H,4-13H2,(H2,28,30). The molecule has 0 radical (unpaired) electrons. The van der Waals surface area contributed by atoms with E-state index in [1.807, 2.05) is 6.07 Å². The zero-order valence-corrected chi connectivity index (χ0v) is 17.2. The first-order chi connectivity index (χ1) is 14.3. The third-order valence-corrected chi connectivity index (χ3v) is 6.93. The predicted molar refractivity (Wildman–Crippen MR) is 108 cm³/mol. The largest absolute Gasteiger partial charge is 0.416 e. The Bertz CT molecular complexity index is 758. The van der Waals surface area contributed by atoms with Gasteiger partial charge in [0, 0.05) is 0 Å². The molecule has 7 heteroatoms. The molecule has 0 spiro atoms. The topological polar surface area (TPSA) is 70.1 Å². The van der Waals surface area contributed by atoms with Crippen LogP contribution in [0.3, 0.4) is 0 Å². The molecule has 2 fully saturated rings. The van der Waals surface area contributed by atoms with Gasteiger partial charge in [-0.2, -0.15) is 18.4 Å². The lowest BCUT2D eigenvalue weighted by Crippen LogP contribution is -2.35. The van der Waals surface area contributed by atoms with E-state index in [1.54, 1.807) is 0 Å². The Hall–Kier alpha value is -2.07. The van der Waals surface area contributed by atoms with Crippen LogP contribution in [0.15, 0.2) is 24.3 Å². The Morgan fingerprint density at radius 1 is 1.17 bits per heavy atom. The molecule has 30 heavy (non-hydrogen) atoms. The van der Waals surface area contributed by atoms with Crippen LogP contribution in [0.5, 0.6) is 0 Å². The summed E-state index contributed by atoms with van der Waals surface area (Å²) >= 11 is 0. The highest BCUT2D eigenvalue weighted by Crippen LogP contribution is 2.36. The van der Waals surface area contributed by atoms with Crippen LogP contribution in [-0.2, 0) is 11.0 Å². The Morgan fingerprint density at radius 3 is 2.40 bits per heavy atom. The van der Waals surface area contributed by atoms with Gasteiger partial charge in [-0.3, -0.25) is 4.79 Å². The summed E-state index contributed by atoms with van der Waals surface area (Å²) in [6, 6.07) is 7.82. The zero-order chi connectivity index (χ0) is 21.7. The van der Waals surface area contributed by atoms with Crippen LogP contribution >= 0.6 is 0 Å². The molecule has 1 saturated heterocycles. The lowest BCUT2D eigenvalue weighted by molar-refractivity contribution is -0.137. The van der Waals surface area contributed by atoms with Gasteiger partial charge in [0.1, 0.15) is 5.92 Å². The summed E-state index contributed by atoms with van der Waals surface area (Å²) in [5.74, 6) is -0.289. The number of benzene rings is 1. The first-order valence-corrected chi connectivity index (χ1v) is 10.9. The lowest BCUT2D eigenvalue weighted by atomic mass is 9.75. The molecule has 164 valence electrons. The highest BCUT2D eigenvalue weighted by atomic mass is 19.4. The molecule has 1 saturated carbocycles. The monoisotopic (exact) mass is 421 g/mol. The number of piperidine rings is 1. The van der Waals surface area contributed by atoms with Crippen molar-refractivity contribution in [2.24, 2.45) is 23.5 Å². The van der Waals surface area contributed by atoms with Crippen molar-refractivity contribution in [3.8, 4) is 6.07 Å². The van der Waals surface area contributed by atoms with Gasteiger partial charge >= 0.3 is 6.18 Å². The number of hydrogen-bond donors (Lipinski definition) is 1. The second kappa shape index (κ2) is 9.82. The molecule has 3 rings (SSSR count). The molecule has 1 amide bonds. The molecule has 1 atom stereocenters. The molecule has 1 aromatic rings. The number of hydrogen-bond acceptors (Lipinski definition) is 3. The van der Waals surface area contributed by atoms with Crippen molar-refractivity contribution >= 4 is 5.91 Å². The Kier molecular flexibility index (Phi) is 7.41. The van der Waals surface area contributed by atoms with Gasteiger partial charge in [-0.15, -0.1) is 0 Å². The van der Waals surface area contributed by atoms with Crippen LogP contribution in [0, 0.1) is 29.1 Å². The molecule has 1 aliphatic carbocycles. The summed E-state index contributed by atoms with van der Waals surface area (Å²) in [4.78, 5) is 13.8. The van der Waals surface area contributed by atoms with Crippen molar-refractivity contribution in [2.75, 3.05) is 19.6 Å². The smallest absolute Gasteiger partial charge is 0.369 e. The van der Waals surface area contributed by atoms with E-state index >= 15 is 0 Å². The molecule has 1 aliphatic heterocycles. The Labute approximate surface area is 176 Å². The highest BCUT2D eigenvalue weighted by molar-refractivity contribution is 5.79. The number of nitrogens with zero attached hydrogens (tertiary/aromatic N) is 2. The fourth-order valence-corrected chi connectivity index (χ4v) is 5.04. The molecule has 1 unspecified atom stereocenters. The van der Waals surface area contributed by atoms with E-state index in [9.17, 15) is 18.0 Å². The molecular weight excluding hydrogens is 391 g/mol. The van der Waals surface area contributed by atoms with Gasteiger partial charge in [-0.05, 0) is 81.1 Å². The van der Waals surface area contributed by atoms with E-state index in [-0.39, 0.29) is 11.8 Å². The summed E-state index contributed by atoms with van der Waals surface area (Å²) < 4.78 is 38.9. The normalized spacial score (nSPS) is 24.9. The zero-order valence-electron chi connectivity index (χ0n) is 17.2. The molecule has 2 N–H and O–H groups in total. The molecule has 4 nitrogen and oxygen atoms in total. The van der Waals surface area contributed by atoms with Crippen molar-refractivity contribution < 1.29 is 18.0 Å². The van der Waals surface area contributed by atoms with Crippen molar-refractivity contribution in [3.63, 3.8) is 0 Å². The number of amides is 1. The van der Waals surface area contributed by atoms with E-state index in [2.05, 4.69) is 11.0 Å². The summed E-state index contributed by atoms with van der Waals surface area (Å²) in [6.07, 6.45) is 2.38. The van der Waals surface area contributed by atoms with Crippen LogP contribution in [-0.4, -0.2) is 30.4 Å². The fraction of sp³-hybridized carbons (Fsp3) is 0.652. The molecule has 0 bridgehead atoms. The Morgan fingerprint density at radius 2 is 1.83 bits per heavy atom. The van der Waals surface area contributed by atoms with E-state index in [4.69, 9.17) is 11.0 Å². The maximum atomic E-state index is 13.0. The molecule has 1 heterocycles. The first kappa shape index (κ1) is 22.6. The van der Waals surface area contributed by atoms with Crippen LogP contribution in [0.4, 0.5) is 13.2 Å². The Balaban J connectivity index is 1.41. The SMILES string of the molecule is N#CC(C(N)=O)C1CCC(CCN2CCC(c3cccc(C(F)(F)F)c3)CC2)CC1. The van der Waals surface area contributed by atoms with Gasteiger partial charge < -0.3 is 10.6 Å². The quantitative estimate of drug-likeness (QED) is 0.723. The summed E-state index contributed by atoms with van der Waals surface area (Å²) in [5.41, 5.74) is 5.56. The highest BCUT2D eigenvalue weighted by Gasteiger charge is 2.32. The van der Waals surface area contributed by atoms with E-state index in [1.165, 1.54) is 12.1 Å². The minimum absolute atomic E-state index is 0.0898. The van der Waals surface area contributed by atoms with E-state index in [0.717, 1.165) is 76.2 Å². The average Bonchev–Trinajstić information content (AvgIpc) is 2.73. The summed E-state index contributed by atoms with van der Waals surface area (Å²) in [5, 5.41) is 9.13. The van der Waals surface area contributed by atoms with Gasteiger partial charge in [-0.25, -0.2) is 0 Å². The van der Waals surface area contributed by atoms with Gasteiger partial charge in [0.25, 0.3) is 0 Å². The third kappa shape index (κ3) is 5.75. The average molecular weight is 422 g/mol. The van der Waals surface area contributed by atoms with Crippen molar-refractivity contribution in [1.82, 2.24) is 4.90 Å². The number of likely N-dealkylation sites (tertiary alicyclic amines) is 1.